The highest BCUT2D eigenvalue weighted by Crippen LogP contribution is 2.51. The number of halogens is 1. The van der Waals surface area contributed by atoms with Crippen LogP contribution in [0, 0.1) is 0 Å². The van der Waals surface area contributed by atoms with E-state index in [4.69, 9.17) is 11.6 Å². The van der Waals surface area contributed by atoms with Gasteiger partial charge in [0.2, 0.25) is 0 Å². The highest BCUT2D eigenvalue weighted by molar-refractivity contribution is 7.94. The summed E-state index contributed by atoms with van der Waals surface area (Å²) < 4.78 is 24.9. The topological polar surface area (TPSA) is 83.6 Å². The van der Waals surface area contributed by atoms with Gasteiger partial charge in [0.15, 0.2) is 9.84 Å². The lowest BCUT2D eigenvalue weighted by Gasteiger charge is -2.31. The molecule has 1 aromatic heterocycles. The molecule has 0 saturated heterocycles. The molecule has 2 amide bonds. The van der Waals surface area contributed by atoms with Gasteiger partial charge in [-0.2, -0.15) is 0 Å². The Bertz CT molecular complexity index is 1150. The quantitative estimate of drug-likeness (QED) is 0.660. The van der Waals surface area contributed by atoms with Gasteiger partial charge < -0.3 is 10.2 Å². The minimum absolute atomic E-state index is 0.153. The number of nitrogens with one attached hydrogen (secondary N) is 1. The van der Waals surface area contributed by atoms with E-state index in [0.717, 1.165) is 24.0 Å². The second-order valence-electron chi connectivity index (χ2n) is 8.67. The number of nitrogens with zero attached hydrogens (tertiary/aromatic N) is 1. The molecule has 0 atom stereocenters. The zero-order valence-electron chi connectivity index (χ0n) is 16.9. The molecular formula is C22H23ClN2O4S2. The van der Waals surface area contributed by atoms with E-state index >= 15 is 0 Å². The van der Waals surface area contributed by atoms with E-state index in [-0.39, 0.29) is 23.6 Å². The third-order valence-electron chi connectivity index (χ3n) is 6.47. The Morgan fingerprint density at radius 2 is 1.94 bits per heavy atom. The maximum absolute atomic E-state index is 13.1. The summed E-state index contributed by atoms with van der Waals surface area (Å²) in [5.74, 6) is -0.357. The number of amides is 2. The van der Waals surface area contributed by atoms with Gasteiger partial charge in [-0.1, -0.05) is 23.7 Å². The monoisotopic (exact) mass is 478 g/mol. The van der Waals surface area contributed by atoms with Crippen LogP contribution in [0.4, 0.5) is 0 Å². The van der Waals surface area contributed by atoms with E-state index in [0.29, 0.717) is 47.8 Å². The van der Waals surface area contributed by atoms with Gasteiger partial charge >= 0.3 is 0 Å². The number of rotatable bonds is 7. The molecule has 3 aliphatic rings. The number of hydrogen-bond acceptors (Lipinski definition) is 5. The molecule has 6 nitrogen and oxygen atoms in total. The summed E-state index contributed by atoms with van der Waals surface area (Å²) in [6.45, 7) is 1.10. The Balaban J connectivity index is 1.27. The zero-order chi connectivity index (χ0) is 21.8. The molecule has 9 heteroatoms. The van der Waals surface area contributed by atoms with E-state index < -0.39 is 14.6 Å². The second kappa shape index (κ2) is 7.60. The van der Waals surface area contributed by atoms with Crippen molar-refractivity contribution in [1.29, 1.82) is 0 Å². The van der Waals surface area contributed by atoms with Crippen LogP contribution in [0.25, 0.3) is 0 Å². The van der Waals surface area contributed by atoms with Gasteiger partial charge in [0.1, 0.15) is 0 Å². The predicted molar refractivity (Wildman–Crippen MR) is 120 cm³/mol. The van der Waals surface area contributed by atoms with E-state index in [1.165, 1.54) is 11.3 Å². The van der Waals surface area contributed by atoms with Crippen molar-refractivity contribution in [3.8, 4) is 0 Å². The van der Waals surface area contributed by atoms with Crippen molar-refractivity contribution < 1.29 is 18.0 Å². The molecule has 0 radical (unpaired) electrons. The van der Waals surface area contributed by atoms with Crippen LogP contribution in [0.1, 0.15) is 56.8 Å². The highest BCUT2D eigenvalue weighted by atomic mass is 35.5. The summed E-state index contributed by atoms with van der Waals surface area (Å²) in [5.41, 5.74) is 2.25. The van der Waals surface area contributed by atoms with E-state index in [1.807, 2.05) is 12.1 Å². The zero-order valence-corrected chi connectivity index (χ0v) is 19.3. The SMILES string of the molecule is O=C(NCc1ccc(Cl)cc1)c1csc2c1CCN(CC1(S(=O)(=O)C3CC3)CC1)C2=O. The van der Waals surface area contributed by atoms with Crippen LogP contribution in [0.15, 0.2) is 29.6 Å². The summed E-state index contributed by atoms with van der Waals surface area (Å²) >= 11 is 7.16. The maximum atomic E-state index is 13.1. The first-order chi connectivity index (χ1) is 14.8. The number of benzene rings is 1. The fourth-order valence-electron chi connectivity index (χ4n) is 4.28. The lowest BCUT2D eigenvalue weighted by atomic mass is 10.0. The number of thiophene rings is 1. The van der Waals surface area contributed by atoms with E-state index in [2.05, 4.69) is 5.32 Å². The molecular weight excluding hydrogens is 456 g/mol. The number of carbonyl (C=O) groups excluding carboxylic acids is 2. The predicted octanol–water partition coefficient (Wildman–Crippen LogP) is 3.44. The molecule has 2 aromatic rings. The average molecular weight is 479 g/mol. The van der Waals surface area contributed by atoms with Crippen molar-refractivity contribution in [1.82, 2.24) is 10.2 Å². The van der Waals surface area contributed by atoms with Crippen molar-refractivity contribution in [2.24, 2.45) is 0 Å². The summed E-state index contributed by atoms with van der Waals surface area (Å²) in [5, 5.41) is 5.07. The van der Waals surface area contributed by atoms with Gasteiger partial charge in [-0.05, 0) is 55.4 Å². The summed E-state index contributed by atoms with van der Waals surface area (Å²) in [6, 6.07) is 7.27. The fraction of sp³-hybridized carbons (Fsp3) is 0.455. The van der Waals surface area contributed by atoms with Crippen LogP contribution in [-0.2, 0) is 22.8 Å². The number of hydrogen-bond donors (Lipinski definition) is 1. The lowest BCUT2D eigenvalue weighted by Crippen LogP contribution is -2.46. The summed E-state index contributed by atoms with van der Waals surface area (Å²) in [6.07, 6.45) is 3.35. The molecule has 2 heterocycles. The molecule has 2 fully saturated rings. The normalized spacial score (nSPS) is 19.8. The molecule has 0 unspecified atom stereocenters. The standard InChI is InChI=1S/C22H23ClN2O4S2/c23-15-3-1-14(2-4-15)11-24-20(26)18-12-30-19-17(18)7-10-25(21(19)27)13-22(8-9-22)31(28,29)16-5-6-16/h1-4,12,16H,5-11,13H2,(H,24,26). The van der Waals surface area contributed by atoms with Crippen molar-refractivity contribution in [2.45, 2.75) is 48.6 Å². The summed E-state index contributed by atoms with van der Waals surface area (Å²) in [4.78, 5) is 28.0. The molecule has 31 heavy (non-hydrogen) atoms. The molecule has 2 aliphatic carbocycles. The minimum atomic E-state index is -3.16. The van der Waals surface area contributed by atoms with Gasteiger partial charge in [0.25, 0.3) is 11.8 Å². The van der Waals surface area contributed by atoms with Crippen molar-refractivity contribution in [3.05, 3.63) is 56.2 Å². The fourth-order valence-corrected chi connectivity index (χ4v) is 7.94. The minimum Gasteiger partial charge on any atom is -0.348 e. The first-order valence-corrected chi connectivity index (χ1v) is 13.3. The lowest BCUT2D eigenvalue weighted by molar-refractivity contribution is 0.0741. The van der Waals surface area contributed by atoms with Gasteiger partial charge in [-0.15, -0.1) is 11.3 Å². The third-order valence-corrected chi connectivity index (χ3v) is 10.8. The third kappa shape index (κ3) is 3.79. The van der Waals surface area contributed by atoms with Crippen LogP contribution < -0.4 is 5.32 Å². The Hall–Kier alpha value is -1.90. The van der Waals surface area contributed by atoms with Crippen LogP contribution in [0.3, 0.4) is 0 Å². The maximum Gasteiger partial charge on any atom is 0.264 e. The molecule has 164 valence electrons. The van der Waals surface area contributed by atoms with Crippen molar-refractivity contribution >= 4 is 44.6 Å². The Kier molecular flexibility index (Phi) is 5.14. The molecule has 5 rings (SSSR count). The first kappa shape index (κ1) is 21.0. The number of carbonyl (C=O) groups is 2. The van der Waals surface area contributed by atoms with Crippen LogP contribution in [-0.4, -0.2) is 48.2 Å². The molecule has 1 aromatic carbocycles. The molecule has 0 spiro atoms. The van der Waals surface area contributed by atoms with E-state index in [9.17, 15) is 18.0 Å². The number of fused-ring (bicyclic) bond motifs is 1. The first-order valence-electron chi connectivity index (χ1n) is 10.5. The Labute approximate surface area is 190 Å². The second-order valence-corrected chi connectivity index (χ2v) is 12.6. The highest BCUT2D eigenvalue weighted by Gasteiger charge is 2.60. The Morgan fingerprint density at radius 3 is 2.58 bits per heavy atom. The molecule has 1 aliphatic heterocycles. The Morgan fingerprint density at radius 1 is 1.23 bits per heavy atom. The van der Waals surface area contributed by atoms with Gasteiger partial charge in [0.05, 0.1) is 20.4 Å². The molecule has 1 N–H and O–H groups in total. The van der Waals surface area contributed by atoms with Gasteiger partial charge in [-0.3, -0.25) is 9.59 Å². The largest absolute Gasteiger partial charge is 0.348 e. The number of sulfone groups is 1. The van der Waals surface area contributed by atoms with Gasteiger partial charge in [-0.25, -0.2) is 8.42 Å². The average Bonchev–Trinajstić information content (AvgIpc) is 3.67. The molecule has 2 saturated carbocycles. The van der Waals surface area contributed by atoms with Crippen LogP contribution in [0.2, 0.25) is 5.02 Å². The van der Waals surface area contributed by atoms with E-state index in [1.54, 1.807) is 22.4 Å². The van der Waals surface area contributed by atoms with Gasteiger partial charge in [0, 0.05) is 30.0 Å². The van der Waals surface area contributed by atoms with Crippen LogP contribution in [0.5, 0.6) is 0 Å². The van der Waals surface area contributed by atoms with Crippen LogP contribution >= 0.6 is 22.9 Å². The summed E-state index contributed by atoms with van der Waals surface area (Å²) in [7, 11) is -3.16. The van der Waals surface area contributed by atoms with Crippen molar-refractivity contribution in [2.75, 3.05) is 13.1 Å². The van der Waals surface area contributed by atoms with Crippen molar-refractivity contribution in [3.63, 3.8) is 0 Å². The molecule has 0 bridgehead atoms. The smallest absolute Gasteiger partial charge is 0.264 e.